The largest absolute Gasteiger partial charge is 0.497 e. The molecule has 8 heteroatoms. The number of carbonyl (C=O) groups is 1. The summed E-state index contributed by atoms with van der Waals surface area (Å²) < 4.78 is 31.8. The van der Waals surface area contributed by atoms with Crippen molar-refractivity contribution in [1.29, 1.82) is 0 Å². The van der Waals surface area contributed by atoms with E-state index in [-0.39, 0.29) is 11.7 Å². The number of benzene rings is 2. The number of hydrogen-bond donors (Lipinski definition) is 0. The Bertz CT molecular complexity index is 1060. The molecular weight excluding hydrogens is 413 g/mol. The Kier molecular flexibility index (Phi) is 6.70. The van der Waals surface area contributed by atoms with Crippen molar-refractivity contribution in [2.75, 3.05) is 33.4 Å². The van der Waals surface area contributed by atoms with E-state index in [1.54, 1.807) is 23.9 Å². The van der Waals surface area contributed by atoms with Gasteiger partial charge >= 0.3 is 0 Å². The summed E-state index contributed by atoms with van der Waals surface area (Å²) in [6.07, 6.45) is 0.823. The van der Waals surface area contributed by atoms with Crippen LogP contribution in [0, 0.1) is 12.7 Å². The number of nitrogens with zero attached hydrogens (tertiary/aromatic N) is 3. The Morgan fingerprint density at radius 1 is 1.06 bits per heavy atom. The van der Waals surface area contributed by atoms with Crippen molar-refractivity contribution in [3.05, 3.63) is 65.6 Å². The van der Waals surface area contributed by atoms with E-state index in [4.69, 9.17) is 14.2 Å². The van der Waals surface area contributed by atoms with E-state index < -0.39 is 0 Å². The second-order valence-corrected chi connectivity index (χ2v) is 7.53. The van der Waals surface area contributed by atoms with Crippen molar-refractivity contribution >= 4 is 5.91 Å². The fourth-order valence-electron chi connectivity index (χ4n) is 3.65. The number of carbonyl (C=O) groups excluding carboxylic acids is 1. The van der Waals surface area contributed by atoms with Gasteiger partial charge in [0.2, 0.25) is 11.8 Å². The first kappa shape index (κ1) is 21.8. The molecule has 1 aliphatic rings. The Hall–Kier alpha value is -3.39. The lowest BCUT2D eigenvalue weighted by Crippen LogP contribution is -2.40. The van der Waals surface area contributed by atoms with Crippen LogP contribution in [0.5, 0.6) is 17.4 Å². The predicted molar refractivity (Wildman–Crippen MR) is 117 cm³/mol. The van der Waals surface area contributed by atoms with Crippen LogP contribution in [0.25, 0.3) is 5.69 Å². The Labute approximate surface area is 186 Å². The van der Waals surface area contributed by atoms with Gasteiger partial charge in [0.15, 0.2) is 0 Å². The fraction of sp³-hybridized carbons (Fsp3) is 0.333. The molecule has 1 amide bonds. The topological polar surface area (TPSA) is 65.8 Å². The Morgan fingerprint density at radius 3 is 2.38 bits per heavy atom. The molecule has 0 aliphatic carbocycles. The van der Waals surface area contributed by atoms with Gasteiger partial charge in [0, 0.05) is 25.1 Å². The highest BCUT2D eigenvalue weighted by atomic mass is 19.1. The number of halogens is 1. The van der Waals surface area contributed by atoms with Crippen molar-refractivity contribution in [3.63, 3.8) is 0 Å². The number of aryl methyl sites for hydroxylation is 1. The molecule has 0 bridgehead atoms. The van der Waals surface area contributed by atoms with Crippen LogP contribution in [0.1, 0.15) is 17.7 Å². The van der Waals surface area contributed by atoms with Crippen LogP contribution in [-0.2, 0) is 16.0 Å². The standard InChI is InChI=1S/C24H26FN3O4/c1-17-22(11-12-23(29)27-13-15-31-16-14-27)24(32-21-7-3-18(25)4-8-21)28(26-17)19-5-9-20(30-2)10-6-19/h3-10H,11-16H2,1-2H3. The van der Waals surface area contributed by atoms with Gasteiger partial charge in [0.1, 0.15) is 17.3 Å². The normalized spacial score (nSPS) is 13.8. The van der Waals surface area contributed by atoms with Gasteiger partial charge in [-0.15, -0.1) is 0 Å². The molecule has 1 aliphatic heterocycles. The van der Waals surface area contributed by atoms with Gasteiger partial charge in [-0.05, 0) is 61.9 Å². The van der Waals surface area contributed by atoms with Crippen LogP contribution in [-0.4, -0.2) is 54.0 Å². The van der Waals surface area contributed by atoms with Crippen molar-refractivity contribution in [1.82, 2.24) is 14.7 Å². The molecule has 0 atom stereocenters. The van der Waals surface area contributed by atoms with Crippen LogP contribution < -0.4 is 9.47 Å². The fourth-order valence-corrected chi connectivity index (χ4v) is 3.65. The quantitative estimate of drug-likeness (QED) is 0.559. The molecule has 1 fully saturated rings. The van der Waals surface area contributed by atoms with Crippen LogP contribution in [0.3, 0.4) is 0 Å². The van der Waals surface area contributed by atoms with Crippen molar-refractivity contribution in [2.24, 2.45) is 0 Å². The number of amides is 1. The maximum atomic E-state index is 13.4. The molecule has 1 aromatic heterocycles. The molecule has 0 radical (unpaired) electrons. The number of aromatic nitrogens is 2. The summed E-state index contributed by atoms with van der Waals surface area (Å²) in [7, 11) is 1.61. The molecule has 0 unspecified atom stereocenters. The molecule has 2 heterocycles. The summed E-state index contributed by atoms with van der Waals surface area (Å²) in [6, 6.07) is 13.3. The van der Waals surface area contributed by atoms with Crippen molar-refractivity contribution in [2.45, 2.75) is 19.8 Å². The highest BCUT2D eigenvalue weighted by molar-refractivity contribution is 5.76. The SMILES string of the molecule is COc1ccc(-n2nc(C)c(CCC(=O)N3CCOCC3)c2Oc2ccc(F)cc2)cc1. The first-order valence-electron chi connectivity index (χ1n) is 10.6. The van der Waals surface area contributed by atoms with Crippen molar-refractivity contribution < 1.29 is 23.4 Å². The highest BCUT2D eigenvalue weighted by Crippen LogP contribution is 2.32. The third-order valence-corrected chi connectivity index (χ3v) is 5.44. The molecule has 2 aromatic carbocycles. The van der Waals surface area contributed by atoms with E-state index >= 15 is 0 Å². The summed E-state index contributed by atoms with van der Waals surface area (Å²) in [4.78, 5) is 14.5. The summed E-state index contributed by atoms with van der Waals surface area (Å²) in [6.45, 7) is 4.26. The zero-order chi connectivity index (χ0) is 22.5. The van der Waals surface area contributed by atoms with Crippen LogP contribution in [0.2, 0.25) is 0 Å². The molecule has 1 saturated heterocycles. The summed E-state index contributed by atoms with van der Waals surface area (Å²) in [5.41, 5.74) is 2.40. The summed E-state index contributed by atoms with van der Waals surface area (Å²) in [5.74, 6) is 1.47. The van der Waals surface area contributed by atoms with Gasteiger partial charge in [-0.25, -0.2) is 9.07 Å². The van der Waals surface area contributed by atoms with Gasteiger partial charge < -0.3 is 19.1 Å². The first-order valence-corrected chi connectivity index (χ1v) is 10.6. The van der Waals surface area contributed by atoms with Gasteiger partial charge in [-0.3, -0.25) is 4.79 Å². The van der Waals surface area contributed by atoms with Crippen LogP contribution >= 0.6 is 0 Å². The molecule has 0 spiro atoms. The minimum Gasteiger partial charge on any atom is -0.497 e. The van der Waals surface area contributed by atoms with E-state index in [9.17, 15) is 9.18 Å². The maximum absolute atomic E-state index is 13.4. The average Bonchev–Trinajstić information content (AvgIpc) is 3.14. The van der Waals surface area contributed by atoms with Crippen LogP contribution in [0.15, 0.2) is 48.5 Å². The Morgan fingerprint density at radius 2 is 1.72 bits per heavy atom. The molecule has 4 rings (SSSR count). The lowest BCUT2D eigenvalue weighted by Gasteiger charge is -2.26. The lowest BCUT2D eigenvalue weighted by atomic mass is 10.1. The third kappa shape index (κ3) is 4.91. The average molecular weight is 439 g/mol. The zero-order valence-electron chi connectivity index (χ0n) is 18.2. The number of hydrogen-bond acceptors (Lipinski definition) is 5. The van der Waals surface area contributed by atoms with Crippen molar-refractivity contribution in [3.8, 4) is 23.1 Å². The van der Waals surface area contributed by atoms with Crippen LogP contribution in [0.4, 0.5) is 4.39 Å². The smallest absolute Gasteiger partial charge is 0.226 e. The summed E-state index contributed by atoms with van der Waals surface area (Å²) >= 11 is 0. The van der Waals surface area contributed by atoms with E-state index in [1.165, 1.54) is 12.1 Å². The molecule has 3 aromatic rings. The Balaban J connectivity index is 1.63. The summed E-state index contributed by atoms with van der Waals surface area (Å²) in [5, 5.41) is 4.67. The second kappa shape index (κ2) is 9.82. The zero-order valence-corrected chi connectivity index (χ0v) is 18.2. The van der Waals surface area contributed by atoms with Gasteiger partial charge in [0.05, 0.1) is 31.7 Å². The van der Waals surface area contributed by atoms with Gasteiger partial charge in [0.25, 0.3) is 0 Å². The molecule has 32 heavy (non-hydrogen) atoms. The lowest BCUT2D eigenvalue weighted by molar-refractivity contribution is -0.135. The number of ether oxygens (including phenoxy) is 3. The maximum Gasteiger partial charge on any atom is 0.226 e. The van der Waals surface area contributed by atoms with Gasteiger partial charge in [-0.2, -0.15) is 5.10 Å². The highest BCUT2D eigenvalue weighted by Gasteiger charge is 2.22. The molecule has 168 valence electrons. The van der Waals surface area contributed by atoms with E-state index in [2.05, 4.69) is 5.10 Å². The molecule has 7 nitrogen and oxygen atoms in total. The number of morpholine rings is 1. The number of methoxy groups -OCH3 is 1. The van der Waals surface area contributed by atoms with E-state index in [0.29, 0.717) is 50.8 Å². The van der Waals surface area contributed by atoms with Gasteiger partial charge in [-0.1, -0.05) is 0 Å². The monoisotopic (exact) mass is 439 g/mol. The minimum atomic E-state index is -0.339. The molecule has 0 N–H and O–H groups in total. The molecular formula is C24H26FN3O4. The predicted octanol–water partition coefficient (Wildman–Crippen LogP) is 3.91. The van der Waals surface area contributed by atoms with E-state index in [0.717, 1.165) is 22.7 Å². The molecule has 0 saturated carbocycles. The number of rotatable bonds is 7. The second-order valence-electron chi connectivity index (χ2n) is 7.53. The minimum absolute atomic E-state index is 0.0811. The third-order valence-electron chi connectivity index (χ3n) is 5.44. The van der Waals surface area contributed by atoms with E-state index in [1.807, 2.05) is 36.1 Å². The first-order chi connectivity index (χ1) is 15.5.